The van der Waals surface area contributed by atoms with Crippen molar-refractivity contribution < 1.29 is 33.6 Å². The van der Waals surface area contributed by atoms with Crippen LogP contribution in [-0.4, -0.2) is 20.0 Å². The van der Waals surface area contributed by atoms with Gasteiger partial charge in [0.25, 0.3) is 0 Å². The van der Waals surface area contributed by atoms with E-state index < -0.39 is 36.3 Å². The van der Waals surface area contributed by atoms with Gasteiger partial charge in [0.15, 0.2) is 0 Å². The molecule has 2 aliphatic carbocycles. The predicted octanol–water partition coefficient (Wildman–Crippen LogP) is 5.38. The van der Waals surface area contributed by atoms with E-state index in [0.717, 1.165) is 20.6 Å². The average Bonchev–Trinajstić information content (AvgIpc) is 3.21. The van der Waals surface area contributed by atoms with E-state index in [4.69, 9.17) is 6.64 Å². The van der Waals surface area contributed by atoms with Crippen LogP contribution in [0, 0.1) is 10.8 Å². The van der Waals surface area contributed by atoms with Gasteiger partial charge in [0.1, 0.15) is 0 Å². The molecule has 0 radical (unpaired) electrons. The molecule has 0 atom stereocenters. The number of hydrogen-bond donors (Lipinski definition) is 0. The number of allylic oxidation sites excluding steroid dienone is 8. The molecule has 6 heteroatoms. The van der Waals surface area contributed by atoms with E-state index in [-0.39, 0.29) is 11.9 Å². The molecule has 0 saturated heterocycles. The first-order valence-electron chi connectivity index (χ1n) is 9.99. The fourth-order valence-electron chi connectivity index (χ4n) is 3.97. The van der Waals surface area contributed by atoms with Gasteiger partial charge in [-0.05, 0) is 0 Å². The van der Waals surface area contributed by atoms with Gasteiger partial charge in [-0.25, -0.2) is 0 Å². The van der Waals surface area contributed by atoms with Crippen LogP contribution < -0.4 is 0 Å². The summed E-state index contributed by atoms with van der Waals surface area (Å²) < 4.78 is 15.0. The van der Waals surface area contributed by atoms with E-state index in [9.17, 15) is 9.59 Å². The zero-order valence-electron chi connectivity index (χ0n) is 18.4. The van der Waals surface area contributed by atoms with Crippen LogP contribution in [0.2, 0.25) is 13.1 Å². The third kappa shape index (κ3) is 3.36. The second-order valence-corrected chi connectivity index (χ2v) is 19.3. The van der Waals surface area contributed by atoms with Gasteiger partial charge in [-0.1, -0.05) is 0 Å². The molecule has 0 saturated carbocycles. The van der Waals surface area contributed by atoms with E-state index in [1.165, 1.54) is 10.4 Å². The van der Waals surface area contributed by atoms with Crippen LogP contribution in [0.3, 0.4) is 0 Å². The van der Waals surface area contributed by atoms with E-state index in [2.05, 4.69) is 37.4 Å². The molecule has 152 valence electrons. The summed E-state index contributed by atoms with van der Waals surface area (Å²) in [5.41, 5.74) is -1.31. The Kier molecular flexibility index (Phi) is 5.14. The molecule has 3 rings (SSSR count). The van der Waals surface area contributed by atoms with Crippen molar-refractivity contribution in [3.63, 3.8) is 0 Å². The first kappa shape index (κ1) is 21.5. The van der Waals surface area contributed by atoms with Crippen LogP contribution in [0.1, 0.15) is 54.4 Å². The van der Waals surface area contributed by atoms with Crippen molar-refractivity contribution in [3.8, 4) is 0 Å². The van der Waals surface area contributed by atoms with E-state index in [0.29, 0.717) is 0 Å². The maximum atomic E-state index is 13.1. The Hall–Kier alpha value is -1.17. The van der Waals surface area contributed by atoms with Gasteiger partial charge in [-0.15, -0.1) is 0 Å². The summed E-state index contributed by atoms with van der Waals surface area (Å²) in [5.74, 6) is -0.568. The number of rotatable bonds is 2. The Morgan fingerprint density at radius 2 is 1.18 bits per heavy atom. The molecule has 28 heavy (non-hydrogen) atoms. The summed E-state index contributed by atoms with van der Waals surface area (Å²) in [6.45, 7) is 15.8. The minimum atomic E-state index is -4.10. The van der Waals surface area contributed by atoms with Crippen molar-refractivity contribution in [1.29, 1.82) is 0 Å². The van der Waals surface area contributed by atoms with Crippen LogP contribution >= 0.6 is 0 Å². The second-order valence-electron chi connectivity index (χ2n) is 10.5. The Morgan fingerprint density at radius 1 is 0.821 bits per heavy atom. The molecule has 0 aromatic heterocycles. The Balaban J connectivity index is 2.21. The SMILES string of the molecule is CC(C)(C)C(=O)[O][Ti]1([O]C(=O)C(C)(C)C)[C]2=C(C=CC2)[Si](C)(C)C2=[C]1CC=C2. The molecular formula is C22H32O4SiTi. The van der Waals surface area contributed by atoms with Crippen LogP contribution in [-0.2, 0) is 33.6 Å². The van der Waals surface area contributed by atoms with Gasteiger partial charge in [0, 0.05) is 0 Å². The van der Waals surface area contributed by atoms with Crippen molar-refractivity contribution in [1.82, 2.24) is 0 Å². The minimum absolute atomic E-state index is 0.284. The van der Waals surface area contributed by atoms with E-state index >= 15 is 0 Å². The quantitative estimate of drug-likeness (QED) is 0.546. The molecular weight excluding hydrogens is 404 g/mol. The van der Waals surface area contributed by atoms with Crippen molar-refractivity contribution in [2.75, 3.05) is 0 Å². The number of carbonyl (C=O) groups is 2. The van der Waals surface area contributed by atoms with Crippen LogP contribution in [0.5, 0.6) is 0 Å². The summed E-state index contributed by atoms with van der Waals surface area (Å²) in [5, 5.41) is 2.59. The number of carbonyl (C=O) groups excluding carboxylic acids is 2. The third-order valence-electron chi connectivity index (χ3n) is 5.70. The van der Waals surface area contributed by atoms with Gasteiger partial charge in [0.05, 0.1) is 0 Å². The van der Waals surface area contributed by atoms with Crippen LogP contribution in [0.15, 0.2) is 42.5 Å². The summed E-state index contributed by atoms with van der Waals surface area (Å²) in [6, 6.07) is 0. The Bertz CT molecular complexity index is 790. The Morgan fingerprint density at radius 3 is 1.50 bits per heavy atom. The molecule has 0 unspecified atom stereocenters. The van der Waals surface area contributed by atoms with E-state index in [1.807, 2.05) is 41.5 Å². The summed E-state index contributed by atoms with van der Waals surface area (Å²) in [4.78, 5) is 26.1. The summed E-state index contributed by atoms with van der Waals surface area (Å²) >= 11 is -4.10. The fourth-order valence-corrected chi connectivity index (χ4v) is 17.1. The third-order valence-corrected chi connectivity index (χ3v) is 15.6. The molecule has 1 aliphatic heterocycles. The molecule has 0 aromatic rings. The molecule has 3 aliphatic rings. The van der Waals surface area contributed by atoms with Gasteiger partial charge in [0.2, 0.25) is 0 Å². The summed E-state index contributed by atoms with van der Waals surface area (Å²) in [6.07, 6.45) is 10.1. The molecule has 0 aromatic carbocycles. The van der Waals surface area contributed by atoms with Crippen molar-refractivity contribution in [2.24, 2.45) is 10.8 Å². The molecule has 0 N–H and O–H groups in total. The first-order chi connectivity index (χ1) is 12.7. The van der Waals surface area contributed by atoms with E-state index in [1.54, 1.807) is 0 Å². The van der Waals surface area contributed by atoms with Crippen LogP contribution in [0.4, 0.5) is 0 Å². The second kappa shape index (κ2) is 6.68. The maximum absolute atomic E-state index is 13.1. The molecule has 0 spiro atoms. The molecule has 0 amide bonds. The predicted molar refractivity (Wildman–Crippen MR) is 110 cm³/mol. The zero-order chi connectivity index (χ0) is 21.1. The topological polar surface area (TPSA) is 52.6 Å². The van der Waals surface area contributed by atoms with Crippen molar-refractivity contribution >= 4 is 20.0 Å². The van der Waals surface area contributed by atoms with Crippen LogP contribution in [0.25, 0.3) is 0 Å². The summed E-state index contributed by atoms with van der Waals surface area (Å²) in [7, 11) is -1.88. The normalized spacial score (nSPS) is 22.3. The van der Waals surface area contributed by atoms with Gasteiger partial charge in [-0.3, -0.25) is 0 Å². The van der Waals surface area contributed by atoms with Gasteiger partial charge in [-0.2, -0.15) is 0 Å². The monoisotopic (exact) mass is 436 g/mol. The molecule has 0 fully saturated rings. The van der Waals surface area contributed by atoms with Gasteiger partial charge < -0.3 is 0 Å². The zero-order valence-corrected chi connectivity index (χ0v) is 20.9. The molecule has 0 bridgehead atoms. The average molecular weight is 436 g/mol. The Labute approximate surface area is 174 Å². The van der Waals surface area contributed by atoms with Crippen molar-refractivity contribution in [2.45, 2.75) is 67.5 Å². The molecule has 4 nitrogen and oxygen atoms in total. The standard InChI is InChI=1S/C12H14Si.2C5H10O2.Ti/c1-13(2,11-7-3-4-8-11)12-9-5-6-10-12;2*1-5(2,3)4(6)7;/h3,5,7,9H,4,6H2,1-2H3;2*1-3H3,(H,6,7);/q;;;+2/p-2. The fraction of sp³-hybridized carbons (Fsp3) is 0.545. The van der Waals surface area contributed by atoms with Crippen molar-refractivity contribution in [3.05, 3.63) is 42.5 Å². The number of hydrogen-bond acceptors (Lipinski definition) is 4. The van der Waals surface area contributed by atoms with Gasteiger partial charge >= 0.3 is 174 Å². The molecule has 1 heterocycles. The first-order valence-corrected chi connectivity index (χ1v) is 15.8.